The molecule has 1 aliphatic heterocycles. The summed E-state index contributed by atoms with van der Waals surface area (Å²) in [4.78, 5) is 11.5. The van der Waals surface area contributed by atoms with Crippen molar-refractivity contribution in [2.75, 3.05) is 0 Å². The molecule has 2 aliphatic rings. The molecule has 1 radical (unpaired) electrons. The summed E-state index contributed by atoms with van der Waals surface area (Å²) in [6, 6.07) is 0.953. The van der Waals surface area contributed by atoms with Crippen molar-refractivity contribution < 1.29 is 9.53 Å². The fraction of sp³-hybridized carbons (Fsp3) is 1.00. The van der Waals surface area contributed by atoms with Crippen molar-refractivity contribution >= 4 is 8.32 Å². The van der Waals surface area contributed by atoms with Crippen molar-refractivity contribution in [2.45, 2.75) is 57.0 Å². The van der Waals surface area contributed by atoms with E-state index in [1.807, 2.05) is 13.1 Å². The summed E-state index contributed by atoms with van der Waals surface area (Å²) in [6.45, 7) is 3.85. The zero-order valence-corrected chi connectivity index (χ0v) is 9.58. The lowest BCUT2D eigenvalue weighted by Crippen LogP contribution is -2.24. The SMILES string of the molecule is C[Si](C)([O])CCC1CCC2OC2C1. The van der Waals surface area contributed by atoms with Gasteiger partial charge in [-0.15, -0.1) is 0 Å². The van der Waals surface area contributed by atoms with Crippen molar-refractivity contribution in [3.63, 3.8) is 0 Å². The molecule has 13 heavy (non-hydrogen) atoms. The second-order valence-electron chi connectivity index (χ2n) is 5.19. The normalized spacial score (nSPS) is 38.5. The molecule has 0 amide bonds. The Kier molecular flexibility index (Phi) is 2.51. The van der Waals surface area contributed by atoms with Crippen LogP contribution in [0.2, 0.25) is 19.1 Å². The van der Waals surface area contributed by atoms with Gasteiger partial charge in [-0.1, -0.05) is 6.42 Å². The van der Waals surface area contributed by atoms with E-state index in [4.69, 9.17) is 4.74 Å². The topological polar surface area (TPSA) is 32.4 Å². The van der Waals surface area contributed by atoms with Gasteiger partial charge in [0.05, 0.1) is 12.2 Å². The Morgan fingerprint density at radius 2 is 2.08 bits per heavy atom. The van der Waals surface area contributed by atoms with E-state index in [1.54, 1.807) is 0 Å². The van der Waals surface area contributed by atoms with Crippen LogP contribution in [0.5, 0.6) is 0 Å². The second-order valence-corrected chi connectivity index (χ2v) is 9.21. The van der Waals surface area contributed by atoms with Crippen molar-refractivity contribution in [2.24, 2.45) is 5.92 Å². The zero-order chi connectivity index (χ0) is 9.47. The van der Waals surface area contributed by atoms with Gasteiger partial charge in [-0.05, 0) is 44.3 Å². The van der Waals surface area contributed by atoms with Crippen LogP contribution in [0.4, 0.5) is 0 Å². The molecule has 0 aromatic carbocycles. The van der Waals surface area contributed by atoms with Crippen LogP contribution in [0, 0.1) is 5.92 Å². The van der Waals surface area contributed by atoms with Crippen LogP contribution in [-0.4, -0.2) is 20.5 Å². The molecule has 0 aromatic heterocycles. The maximum Gasteiger partial charge on any atom is 0.231 e. The van der Waals surface area contributed by atoms with Crippen LogP contribution < -0.4 is 0 Å². The first-order valence-electron chi connectivity index (χ1n) is 5.40. The van der Waals surface area contributed by atoms with Crippen LogP contribution in [0.1, 0.15) is 25.7 Å². The molecule has 3 atom stereocenters. The summed E-state index contributed by atoms with van der Waals surface area (Å²) in [7, 11) is -2.04. The minimum Gasteiger partial charge on any atom is -0.370 e. The Bertz CT molecular complexity index is 188. The number of hydrogen-bond donors (Lipinski definition) is 0. The summed E-state index contributed by atoms with van der Waals surface area (Å²) in [5.74, 6) is 0.796. The van der Waals surface area contributed by atoms with E-state index in [0.29, 0.717) is 12.2 Å². The average molecular weight is 199 g/mol. The van der Waals surface area contributed by atoms with E-state index in [2.05, 4.69) is 0 Å². The molecule has 2 fully saturated rings. The predicted octanol–water partition coefficient (Wildman–Crippen LogP) is 2.58. The highest BCUT2D eigenvalue weighted by molar-refractivity contribution is 6.69. The first kappa shape index (κ1) is 9.68. The Balaban J connectivity index is 1.70. The minimum absolute atomic E-state index is 0.579. The molecule has 1 saturated carbocycles. The molecule has 2 rings (SSSR count). The molecule has 0 aromatic rings. The highest BCUT2D eigenvalue weighted by Gasteiger charge is 2.43. The maximum atomic E-state index is 11.5. The van der Waals surface area contributed by atoms with E-state index in [0.717, 1.165) is 18.4 Å². The van der Waals surface area contributed by atoms with Crippen LogP contribution in [-0.2, 0) is 9.53 Å². The highest BCUT2D eigenvalue weighted by atomic mass is 28.4. The lowest BCUT2D eigenvalue weighted by atomic mass is 9.88. The van der Waals surface area contributed by atoms with Crippen LogP contribution >= 0.6 is 0 Å². The van der Waals surface area contributed by atoms with E-state index < -0.39 is 8.32 Å². The smallest absolute Gasteiger partial charge is 0.231 e. The number of hydrogen-bond acceptors (Lipinski definition) is 1. The number of epoxide rings is 1. The Morgan fingerprint density at radius 3 is 2.69 bits per heavy atom. The van der Waals surface area contributed by atoms with Gasteiger partial charge in [0.25, 0.3) is 0 Å². The summed E-state index contributed by atoms with van der Waals surface area (Å²) in [6.07, 6.45) is 6.12. The summed E-state index contributed by atoms with van der Waals surface area (Å²) in [5.41, 5.74) is 0. The first-order valence-corrected chi connectivity index (χ1v) is 8.52. The Labute approximate surface area is 81.4 Å². The lowest BCUT2D eigenvalue weighted by Gasteiger charge is -2.20. The molecular weight excluding hydrogens is 180 g/mol. The number of ether oxygens (including phenoxy) is 1. The van der Waals surface area contributed by atoms with Gasteiger partial charge in [0.2, 0.25) is 8.32 Å². The third-order valence-corrected chi connectivity index (χ3v) is 4.76. The molecular formula is C10H19O2Si. The molecule has 0 bridgehead atoms. The average Bonchev–Trinajstić information content (AvgIpc) is 2.76. The van der Waals surface area contributed by atoms with Crippen molar-refractivity contribution in [3.8, 4) is 0 Å². The molecule has 0 spiro atoms. The minimum atomic E-state index is -2.04. The third kappa shape index (κ3) is 2.79. The monoisotopic (exact) mass is 199 g/mol. The van der Waals surface area contributed by atoms with Crippen LogP contribution in [0.15, 0.2) is 0 Å². The molecule has 75 valence electrons. The Hall–Kier alpha value is 0.137. The Morgan fingerprint density at radius 1 is 1.31 bits per heavy atom. The largest absolute Gasteiger partial charge is 0.370 e. The van der Waals surface area contributed by atoms with Gasteiger partial charge in [0.1, 0.15) is 0 Å². The predicted molar refractivity (Wildman–Crippen MR) is 53.6 cm³/mol. The third-order valence-electron chi connectivity index (χ3n) is 3.27. The van der Waals surface area contributed by atoms with Gasteiger partial charge in [0, 0.05) is 0 Å². The molecule has 0 N–H and O–H groups in total. The van der Waals surface area contributed by atoms with Crippen molar-refractivity contribution in [1.82, 2.24) is 0 Å². The summed E-state index contributed by atoms with van der Waals surface area (Å²) >= 11 is 0. The number of rotatable bonds is 3. The second kappa shape index (κ2) is 3.37. The highest BCUT2D eigenvalue weighted by Crippen LogP contribution is 2.41. The summed E-state index contributed by atoms with van der Waals surface area (Å²) in [5, 5.41) is 0. The number of fused-ring (bicyclic) bond motifs is 1. The molecule has 1 saturated heterocycles. The fourth-order valence-electron chi connectivity index (χ4n) is 2.30. The maximum absolute atomic E-state index is 11.5. The zero-order valence-electron chi connectivity index (χ0n) is 8.58. The fourth-order valence-corrected chi connectivity index (χ4v) is 3.40. The van der Waals surface area contributed by atoms with E-state index >= 15 is 0 Å². The van der Waals surface area contributed by atoms with Crippen LogP contribution in [0.3, 0.4) is 0 Å². The van der Waals surface area contributed by atoms with E-state index in [-0.39, 0.29) is 0 Å². The van der Waals surface area contributed by atoms with E-state index in [9.17, 15) is 4.80 Å². The van der Waals surface area contributed by atoms with Gasteiger partial charge in [-0.25, -0.2) is 0 Å². The summed E-state index contributed by atoms with van der Waals surface area (Å²) < 4.78 is 5.47. The lowest BCUT2D eigenvalue weighted by molar-refractivity contribution is 0.350. The molecule has 2 nitrogen and oxygen atoms in total. The van der Waals surface area contributed by atoms with Gasteiger partial charge < -0.3 is 4.74 Å². The van der Waals surface area contributed by atoms with Gasteiger partial charge >= 0.3 is 0 Å². The van der Waals surface area contributed by atoms with Crippen molar-refractivity contribution in [1.29, 1.82) is 0 Å². The molecule has 1 heterocycles. The quantitative estimate of drug-likeness (QED) is 0.508. The van der Waals surface area contributed by atoms with Crippen LogP contribution in [0.25, 0.3) is 0 Å². The van der Waals surface area contributed by atoms with Gasteiger partial charge in [-0.2, -0.15) is 0 Å². The molecule has 1 aliphatic carbocycles. The van der Waals surface area contributed by atoms with Gasteiger partial charge in [0.15, 0.2) is 0 Å². The first-order chi connectivity index (χ1) is 6.04. The van der Waals surface area contributed by atoms with E-state index in [1.165, 1.54) is 19.3 Å². The molecule has 3 heteroatoms. The molecule has 3 unspecified atom stereocenters. The van der Waals surface area contributed by atoms with Gasteiger partial charge in [-0.3, -0.25) is 4.80 Å². The standard InChI is InChI=1S/C10H19O2Si/c1-13(2,11)6-5-8-3-4-9-10(7-8)12-9/h8-10H,3-7H2,1-2H3. The van der Waals surface area contributed by atoms with Crippen molar-refractivity contribution in [3.05, 3.63) is 0 Å².